The maximum atomic E-state index is 13.0. The fourth-order valence-electron chi connectivity index (χ4n) is 3.70. The van der Waals surface area contributed by atoms with Crippen LogP contribution >= 0.6 is 0 Å². The van der Waals surface area contributed by atoms with Crippen molar-refractivity contribution in [2.75, 3.05) is 0 Å². The Bertz CT molecular complexity index is 1430. The van der Waals surface area contributed by atoms with Crippen LogP contribution in [0, 0.1) is 0 Å². The van der Waals surface area contributed by atoms with Gasteiger partial charge in [0.25, 0.3) is 0 Å². The molecule has 15 heteroatoms. The molecular weight excluding hydrogens is 659 g/mol. The number of hydrogen-bond donors (Lipinski definition) is 0. The second kappa shape index (κ2) is 14.2. The van der Waals surface area contributed by atoms with E-state index in [0.717, 1.165) is 12.7 Å². The second-order valence-corrected chi connectivity index (χ2v) is 14.1. The molecule has 4 nitrogen and oxygen atoms in total. The van der Waals surface area contributed by atoms with Crippen LogP contribution in [0.4, 0.5) is 39.5 Å². The zero-order valence-corrected chi connectivity index (χ0v) is 26.1. The molecule has 0 saturated carbocycles. The van der Waals surface area contributed by atoms with E-state index in [1.165, 1.54) is 14.7 Å². The molecule has 0 aliphatic rings. The summed E-state index contributed by atoms with van der Waals surface area (Å²) in [6.07, 6.45) is -5.85. The highest BCUT2D eigenvalue weighted by Gasteiger charge is 2.84. The van der Waals surface area contributed by atoms with Crippen LogP contribution in [0.2, 0.25) is 0 Å². The van der Waals surface area contributed by atoms with Crippen LogP contribution < -0.4 is 4.74 Å². The highest BCUT2D eigenvalue weighted by molar-refractivity contribution is 7.97. The fraction of sp³-hybridized carbons (Fsp3) is 0.400. The Kier molecular flexibility index (Phi) is 12.1. The van der Waals surface area contributed by atoms with E-state index in [4.69, 9.17) is 4.74 Å². The number of rotatable bonds is 11. The van der Waals surface area contributed by atoms with Gasteiger partial charge in [0.1, 0.15) is 11.4 Å². The van der Waals surface area contributed by atoms with Crippen molar-refractivity contribution in [1.82, 2.24) is 0 Å². The van der Waals surface area contributed by atoms with Gasteiger partial charge in [-0.25, -0.2) is 12.8 Å². The Labute approximate surface area is 258 Å². The van der Waals surface area contributed by atoms with Gasteiger partial charge < -0.3 is 9.29 Å². The first kappa shape index (κ1) is 38.3. The summed E-state index contributed by atoms with van der Waals surface area (Å²) in [4.78, 5) is 3.95. The molecule has 3 aromatic rings. The molecule has 45 heavy (non-hydrogen) atoms. The van der Waals surface area contributed by atoms with Crippen LogP contribution in [-0.2, 0) is 21.0 Å². The largest absolute Gasteiger partial charge is 0.743 e. The summed E-state index contributed by atoms with van der Waals surface area (Å²) < 4.78 is 151. The van der Waals surface area contributed by atoms with Gasteiger partial charge >= 0.3 is 23.0 Å². The van der Waals surface area contributed by atoms with Gasteiger partial charge in [-0.05, 0) is 75.7 Å². The van der Waals surface area contributed by atoms with E-state index in [1.807, 2.05) is 0 Å². The number of ether oxygens (including phenoxy) is 1. The molecule has 1 unspecified atom stereocenters. The summed E-state index contributed by atoms with van der Waals surface area (Å²) in [6.45, 7) is 7.22. The number of halogens is 9. The lowest BCUT2D eigenvalue weighted by atomic mass is 9.98. The molecule has 0 N–H and O–H groups in total. The van der Waals surface area contributed by atoms with E-state index in [2.05, 4.69) is 106 Å². The first-order valence-corrected chi connectivity index (χ1v) is 15.9. The third-order valence-corrected chi connectivity index (χ3v) is 8.98. The van der Waals surface area contributed by atoms with Gasteiger partial charge in [-0.2, -0.15) is 35.1 Å². The molecule has 1 atom stereocenters. The summed E-state index contributed by atoms with van der Waals surface area (Å²) in [6, 6.07) is 29.9. The Morgan fingerprint density at radius 3 is 1.47 bits per heavy atom. The maximum absolute atomic E-state index is 13.0. The van der Waals surface area contributed by atoms with Crippen LogP contribution in [-0.4, -0.2) is 47.8 Å². The zero-order chi connectivity index (χ0) is 34.5. The zero-order valence-electron chi connectivity index (χ0n) is 24.4. The van der Waals surface area contributed by atoms with Crippen LogP contribution in [0.5, 0.6) is 5.75 Å². The van der Waals surface area contributed by atoms with Crippen molar-refractivity contribution in [3.63, 3.8) is 0 Å². The fourth-order valence-corrected chi connectivity index (χ4v) is 6.22. The third-order valence-electron chi connectivity index (χ3n) is 5.87. The molecule has 3 rings (SSSR count). The van der Waals surface area contributed by atoms with Gasteiger partial charge in [0.05, 0.1) is 10.9 Å². The number of alkyl halides is 9. The van der Waals surface area contributed by atoms with E-state index in [1.54, 1.807) is 0 Å². The van der Waals surface area contributed by atoms with E-state index in [9.17, 15) is 52.5 Å². The summed E-state index contributed by atoms with van der Waals surface area (Å²) in [5.41, 5.74) is -0.179. The molecule has 0 aliphatic carbocycles. The molecule has 0 amide bonds. The molecule has 250 valence electrons. The first-order valence-electron chi connectivity index (χ1n) is 13.3. The van der Waals surface area contributed by atoms with E-state index in [-0.39, 0.29) is 16.5 Å². The Balaban J connectivity index is 0.000000318. The van der Waals surface area contributed by atoms with Crippen molar-refractivity contribution in [2.24, 2.45) is 0 Å². The predicted molar refractivity (Wildman–Crippen MR) is 151 cm³/mol. The molecule has 0 bridgehead atoms. The molecule has 0 fully saturated rings. The van der Waals surface area contributed by atoms with Gasteiger partial charge in [-0.3, -0.25) is 0 Å². The van der Waals surface area contributed by atoms with Gasteiger partial charge in [-0.1, -0.05) is 49.7 Å². The molecule has 0 saturated heterocycles. The van der Waals surface area contributed by atoms with Crippen molar-refractivity contribution < 1.29 is 57.2 Å². The highest BCUT2D eigenvalue weighted by Crippen LogP contribution is 2.55. The number of hydrogen-bond acceptors (Lipinski definition) is 4. The maximum Gasteiger partial charge on any atom is 0.402 e. The Morgan fingerprint density at radius 2 is 1.11 bits per heavy atom. The van der Waals surface area contributed by atoms with Gasteiger partial charge in [0.15, 0.2) is 31.0 Å². The first-order chi connectivity index (χ1) is 20.5. The third kappa shape index (κ3) is 8.67. The van der Waals surface area contributed by atoms with Crippen LogP contribution in [0.3, 0.4) is 0 Å². The van der Waals surface area contributed by atoms with Crippen molar-refractivity contribution in [3.8, 4) is 5.75 Å². The van der Waals surface area contributed by atoms with Crippen LogP contribution in [0.15, 0.2) is 99.6 Å². The molecule has 0 heterocycles. The minimum Gasteiger partial charge on any atom is -0.743 e. The lowest BCUT2D eigenvalue weighted by Gasteiger charge is -2.38. The molecule has 0 aromatic heterocycles. The standard InChI is InChI=1S/C22H23OS.C8H9F9O3S/c1-22(2,3)23-18-14-16-21(17-15-18)24(19-10-6-4-7-11-19)20-12-8-5-9-13-20;1-2-3-4(9)5(10,11)6(12,13)7(14,15)8(16,17)21(18,19)20/h4-17H,1-3H3;4H,2-3H2,1H3,(H,18,19,20)/q+1;/p-1. The smallest absolute Gasteiger partial charge is 0.402 e. The topological polar surface area (TPSA) is 66.4 Å². The summed E-state index contributed by atoms with van der Waals surface area (Å²) in [7, 11) is -7.51. The monoisotopic (exact) mass is 690 g/mol. The molecule has 3 aromatic carbocycles. The Morgan fingerprint density at radius 1 is 0.711 bits per heavy atom. The molecule has 0 spiro atoms. The normalized spacial score (nSPS) is 14.0. The highest BCUT2D eigenvalue weighted by atomic mass is 32.2. The Hall–Kier alpha value is -2.91. The number of benzene rings is 3. The van der Waals surface area contributed by atoms with Crippen molar-refractivity contribution in [2.45, 2.75) is 90.0 Å². The summed E-state index contributed by atoms with van der Waals surface area (Å²) >= 11 is 0. The van der Waals surface area contributed by atoms with Gasteiger partial charge in [-0.15, -0.1) is 0 Å². The lowest BCUT2D eigenvalue weighted by Crippen LogP contribution is -2.66. The summed E-state index contributed by atoms with van der Waals surface area (Å²) in [5, 5.41) is -7.06. The quantitative estimate of drug-likeness (QED) is 0.114. The van der Waals surface area contributed by atoms with E-state index in [0.29, 0.717) is 0 Å². The van der Waals surface area contributed by atoms with Crippen molar-refractivity contribution in [1.29, 1.82) is 0 Å². The minimum atomic E-state index is -7.41. The van der Waals surface area contributed by atoms with Crippen LogP contribution in [0.1, 0.15) is 40.5 Å². The van der Waals surface area contributed by atoms with Crippen LogP contribution in [0.25, 0.3) is 0 Å². The second-order valence-electron chi connectivity index (χ2n) is 10.6. The summed E-state index contributed by atoms with van der Waals surface area (Å²) in [5.74, 6) is -19.8. The molecular formula is C30H31F9O4S2. The van der Waals surface area contributed by atoms with E-state index < -0.39 is 52.2 Å². The van der Waals surface area contributed by atoms with Gasteiger partial charge in [0.2, 0.25) is 0 Å². The van der Waals surface area contributed by atoms with Gasteiger partial charge in [0, 0.05) is 0 Å². The minimum absolute atomic E-state index is 0.102. The van der Waals surface area contributed by atoms with Crippen molar-refractivity contribution >= 4 is 21.0 Å². The van der Waals surface area contributed by atoms with Crippen molar-refractivity contribution in [3.05, 3.63) is 84.9 Å². The lowest BCUT2D eigenvalue weighted by molar-refractivity contribution is -0.359. The average molecular weight is 691 g/mol. The molecule has 0 aliphatic heterocycles. The van der Waals surface area contributed by atoms with E-state index >= 15 is 0 Å². The predicted octanol–water partition coefficient (Wildman–Crippen LogP) is 9.13. The molecule has 0 radical (unpaired) electrons. The average Bonchev–Trinajstić information content (AvgIpc) is 2.94. The SMILES string of the molecule is CC(C)(C)Oc1ccc([S+](c2ccccc2)c2ccccc2)cc1.CCCC(F)C(F)(F)C(F)(F)C(F)(F)C(F)(F)S(=O)(=O)[O-].